The van der Waals surface area contributed by atoms with Crippen molar-refractivity contribution in [1.29, 1.82) is 0 Å². The number of likely N-dealkylation sites (N-methyl/N-ethyl adjacent to an activating group) is 1. The molecular formula is C19H28F4N4O3. The first kappa shape index (κ1) is 24.0. The highest BCUT2D eigenvalue weighted by molar-refractivity contribution is 5.91. The van der Waals surface area contributed by atoms with Gasteiger partial charge in [-0.2, -0.15) is 17.6 Å². The molecule has 2 rings (SSSR count). The second kappa shape index (κ2) is 11.2. The van der Waals surface area contributed by atoms with Crippen molar-refractivity contribution in [2.45, 2.75) is 33.1 Å². The van der Waals surface area contributed by atoms with Gasteiger partial charge in [0, 0.05) is 44.8 Å². The zero-order valence-electron chi connectivity index (χ0n) is 17.2. The highest BCUT2D eigenvalue weighted by Crippen LogP contribution is 2.31. The molecule has 1 unspecified atom stereocenters. The van der Waals surface area contributed by atoms with Crippen molar-refractivity contribution in [3.63, 3.8) is 0 Å². The number of halogens is 4. The molecule has 30 heavy (non-hydrogen) atoms. The first-order valence-electron chi connectivity index (χ1n) is 9.66. The van der Waals surface area contributed by atoms with Gasteiger partial charge >= 0.3 is 19.3 Å². The number of benzene rings is 1. The van der Waals surface area contributed by atoms with Crippen molar-refractivity contribution < 1.29 is 31.8 Å². The summed E-state index contributed by atoms with van der Waals surface area (Å²) in [6.07, 6.45) is 0. The summed E-state index contributed by atoms with van der Waals surface area (Å²) in [5.74, 6) is -0.545. The topological polar surface area (TPSA) is 66.1 Å². The monoisotopic (exact) mass is 436 g/mol. The summed E-state index contributed by atoms with van der Waals surface area (Å²) in [4.78, 5) is 16.9. The number of nitrogens with zero attached hydrogens (tertiary/aromatic N) is 2. The molecule has 2 amide bonds. The Labute approximate surface area is 173 Å². The van der Waals surface area contributed by atoms with Gasteiger partial charge in [0.15, 0.2) is 5.75 Å². The first-order valence-corrected chi connectivity index (χ1v) is 9.66. The number of rotatable bonds is 9. The molecule has 0 aromatic heterocycles. The predicted octanol–water partition coefficient (Wildman–Crippen LogP) is 3.28. The molecule has 0 aliphatic carbocycles. The molecule has 2 N–H and O–H groups in total. The molecule has 1 aromatic rings. The average molecular weight is 436 g/mol. The number of hydrogen-bond donors (Lipinski definition) is 2. The number of nitrogens with one attached hydrogen (secondary N) is 2. The van der Waals surface area contributed by atoms with Gasteiger partial charge in [0.05, 0.1) is 5.69 Å². The van der Waals surface area contributed by atoms with Gasteiger partial charge in [-0.1, -0.05) is 13.8 Å². The number of alkyl halides is 4. The Hall–Kier alpha value is -2.27. The molecule has 1 atom stereocenters. The maximum atomic E-state index is 12.7. The molecule has 1 aliphatic rings. The van der Waals surface area contributed by atoms with E-state index in [0.29, 0.717) is 6.54 Å². The van der Waals surface area contributed by atoms with Crippen LogP contribution >= 0.6 is 0 Å². The van der Waals surface area contributed by atoms with Gasteiger partial charge in [-0.3, -0.25) is 4.90 Å². The third kappa shape index (κ3) is 7.52. The van der Waals surface area contributed by atoms with Gasteiger partial charge in [0.2, 0.25) is 0 Å². The Morgan fingerprint density at radius 1 is 1.07 bits per heavy atom. The standard InChI is InChI=1S/C19H28F4N4O3/c1-12(2)15(27-8-6-26(3)7-9-27)11-24-19(28)25-14-5-4-13(29-17(20)21)10-16(14)30-18(22)23/h4-5,10,12,15,17-18H,6-9,11H2,1-3H3,(H2,24,25,28). The van der Waals surface area contributed by atoms with Crippen LogP contribution in [0, 0.1) is 5.92 Å². The van der Waals surface area contributed by atoms with Gasteiger partial charge in [-0.05, 0) is 25.1 Å². The maximum absolute atomic E-state index is 12.7. The molecule has 0 bridgehead atoms. The Balaban J connectivity index is 2.00. The molecule has 1 aliphatic heterocycles. The third-order valence-corrected chi connectivity index (χ3v) is 4.89. The molecule has 1 heterocycles. The van der Waals surface area contributed by atoms with Crippen molar-refractivity contribution in [2.75, 3.05) is 45.1 Å². The second-order valence-electron chi connectivity index (χ2n) is 7.40. The van der Waals surface area contributed by atoms with E-state index in [1.165, 1.54) is 0 Å². The van der Waals surface area contributed by atoms with E-state index in [1.54, 1.807) is 0 Å². The first-order chi connectivity index (χ1) is 14.2. The fourth-order valence-electron chi connectivity index (χ4n) is 3.28. The molecule has 0 spiro atoms. The van der Waals surface area contributed by atoms with Crippen molar-refractivity contribution >= 4 is 11.7 Å². The predicted molar refractivity (Wildman–Crippen MR) is 104 cm³/mol. The molecule has 11 heteroatoms. The largest absolute Gasteiger partial charge is 0.435 e. The van der Waals surface area contributed by atoms with Gasteiger partial charge < -0.3 is 25.0 Å². The third-order valence-electron chi connectivity index (χ3n) is 4.89. The number of hydrogen-bond acceptors (Lipinski definition) is 5. The average Bonchev–Trinajstić information content (AvgIpc) is 2.64. The zero-order chi connectivity index (χ0) is 22.3. The fraction of sp³-hybridized carbons (Fsp3) is 0.632. The molecule has 1 aromatic carbocycles. The van der Waals surface area contributed by atoms with E-state index in [-0.39, 0.29) is 23.4 Å². The van der Waals surface area contributed by atoms with Gasteiger partial charge in [0.25, 0.3) is 0 Å². The van der Waals surface area contributed by atoms with Gasteiger partial charge in [-0.15, -0.1) is 0 Å². The Morgan fingerprint density at radius 2 is 1.70 bits per heavy atom. The molecule has 0 saturated carbocycles. The van der Waals surface area contributed by atoms with Crippen LogP contribution in [0.3, 0.4) is 0 Å². The van der Waals surface area contributed by atoms with Crippen LogP contribution in [0.25, 0.3) is 0 Å². The van der Waals surface area contributed by atoms with E-state index in [0.717, 1.165) is 44.4 Å². The quantitative estimate of drug-likeness (QED) is 0.582. The highest BCUT2D eigenvalue weighted by Gasteiger charge is 2.25. The van der Waals surface area contributed by atoms with E-state index in [4.69, 9.17) is 0 Å². The van der Waals surface area contributed by atoms with Crippen LogP contribution in [0.4, 0.5) is 28.0 Å². The minimum atomic E-state index is -3.20. The molecule has 1 saturated heterocycles. The second-order valence-corrected chi connectivity index (χ2v) is 7.40. The fourth-order valence-corrected chi connectivity index (χ4v) is 3.28. The Kier molecular flexibility index (Phi) is 8.97. The van der Waals surface area contributed by atoms with Crippen LogP contribution in [-0.4, -0.2) is 74.9 Å². The summed E-state index contributed by atoms with van der Waals surface area (Å²) >= 11 is 0. The summed E-state index contributed by atoms with van der Waals surface area (Å²) in [6, 6.07) is 2.66. The van der Waals surface area contributed by atoms with Crippen molar-refractivity contribution in [1.82, 2.24) is 15.1 Å². The smallest absolute Gasteiger partial charge is 0.387 e. The molecule has 7 nitrogen and oxygen atoms in total. The van der Waals surface area contributed by atoms with E-state index in [2.05, 4.69) is 50.8 Å². The number of urea groups is 1. The van der Waals surface area contributed by atoms with Crippen LogP contribution in [0.5, 0.6) is 11.5 Å². The molecule has 170 valence electrons. The summed E-state index contributed by atoms with van der Waals surface area (Å²) in [5.41, 5.74) is -0.0879. The van der Waals surface area contributed by atoms with Crippen LogP contribution in [0.1, 0.15) is 13.8 Å². The normalized spacial score (nSPS) is 16.7. The van der Waals surface area contributed by atoms with E-state index >= 15 is 0 Å². The van der Waals surface area contributed by atoms with Gasteiger partial charge in [-0.25, -0.2) is 4.79 Å². The lowest BCUT2D eigenvalue weighted by Crippen LogP contribution is -2.54. The lowest BCUT2D eigenvalue weighted by Gasteiger charge is -2.39. The molecular weight excluding hydrogens is 408 g/mol. The van der Waals surface area contributed by atoms with Crippen molar-refractivity contribution in [3.8, 4) is 11.5 Å². The van der Waals surface area contributed by atoms with E-state index in [1.807, 2.05) is 0 Å². The highest BCUT2D eigenvalue weighted by atomic mass is 19.3. The van der Waals surface area contributed by atoms with E-state index < -0.39 is 25.0 Å². The van der Waals surface area contributed by atoms with Gasteiger partial charge in [0.1, 0.15) is 5.75 Å². The van der Waals surface area contributed by atoms with Crippen LogP contribution in [-0.2, 0) is 0 Å². The zero-order valence-corrected chi connectivity index (χ0v) is 17.2. The SMILES string of the molecule is CC(C)C(CNC(=O)Nc1ccc(OC(F)F)cc1OC(F)F)N1CCN(C)CC1. The summed E-state index contributed by atoms with van der Waals surface area (Å²) in [7, 11) is 2.06. The maximum Gasteiger partial charge on any atom is 0.387 e. The number of carbonyl (C=O) groups is 1. The van der Waals surface area contributed by atoms with Crippen molar-refractivity contribution in [3.05, 3.63) is 18.2 Å². The van der Waals surface area contributed by atoms with E-state index in [9.17, 15) is 22.4 Å². The van der Waals surface area contributed by atoms with Crippen LogP contribution in [0.15, 0.2) is 18.2 Å². The minimum Gasteiger partial charge on any atom is -0.435 e. The minimum absolute atomic E-state index is 0.0879. The van der Waals surface area contributed by atoms with Crippen LogP contribution in [0.2, 0.25) is 0 Å². The number of anilines is 1. The number of ether oxygens (including phenoxy) is 2. The number of piperazine rings is 1. The summed E-state index contributed by atoms with van der Waals surface area (Å²) in [5, 5.41) is 5.17. The number of carbonyl (C=O) groups excluding carboxylic acids is 1. The summed E-state index contributed by atoms with van der Waals surface area (Å²) in [6.45, 7) is 1.85. The number of amides is 2. The molecule has 0 radical (unpaired) electrons. The molecule has 1 fully saturated rings. The Morgan fingerprint density at radius 3 is 2.27 bits per heavy atom. The van der Waals surface area contributed by atoms with Crippen molar-refractivity contribution in [2.24, 2.45) is 5.92 Å². The Bertz CT molecular complexity index is 686. The van der Waals surface area contributed by atoms with Crippen LogP contribution < -0.4 is 20.1 Å². The lowest BCUT2D eigenvalue weighted by atomic mass is 10.0. The summed E-state index contributed by atoms with van der Waals surface area (Å²) < 4.78 is 58.5. The lowest BCUT2D eigenvalue weighted by molar-refractivity contribution is -0.0539.